The van der Waals surface area contributed by atoms with Crippen LogP contribution >= 0.6 is 0 Å². The van der Waals surface area contributed by atoms with E-state index in [4.69, 9.17) is 4.74 Å². The highest BCUT2D eigenvalue weighted by Crippen LogP contribution is 2.39. The zero-order valence-electron chi connectivity index (χ0n) is 18.4. The van der Waals surface area contributed by atoms with E-state index in [1.165, 1.54) is 14.0 Å². The fourth-order valence-electron chi connectivity index (χ4n) is 4.52. The number of methoxy groups -OCH3 is 1. The summed E-state index contributed by atoms with van der Waals surface area (Å²) in [5.74, 6) is -0.0394. The highest BCUT2D eigenvalue weighted by molar-refractivity contribution is 5.96. The van der Waals surface area contributed by atoms with Crippen molar-refractivity contribution in [3.63, 3.8) is 0 Å². The maximum absolute atomic E-state index is 13.2. The van der Waals surface area contributed by atoms with Gasteiger partial charge in [0.15, 0.2) is 0 Å². The number of rotatable bonds is 6. The van der Waals surface area contributed by atoms with Crippen molar-refractivity contribution in [2.24, 2.45) is 0 Å². The molecule has 0 aliphatic heterocycles. The number of ether oxygens (including phenoxy) is 1. The van der Waals surface area contributed by atoms with Gasteiger partial charge < -0.3 is 20.1 Å². The van der Waals surface area contributed by atoms with Crippen molar-refractivity contribution in [3.05, 3.63) is 59.8 Å². The second-order valence-electron chi connectivity index (χ2n) is 8.24. The lowest BCUT2D eigenvalue weighted by Gasteiger charge is -2.34. The van der Waals surface area contributed by atoms with Crippen LogP contribution in [-0.4, -0.2) is 59.7 Å². The Bertz CT molecular complexity index is 905. The molecule has 2 aromatic rings. The molecule has 1 aromatic carbocycles. The third kappa shape index (κ3) is 5.05. The number of aliphatic hydroxyl groups excluding tert-OH is 1. The average Bonchev–Trinajstić information content (AvgIpc) is 2.97. The Labute approximate surface area is 183 Å². The van der Waals surface area contributed by atoms with Crippen molar-refractivity contribution in [3.8, 4) is 5.88 Å². The summed E-state index contributed by atoms with van der Waals surface area (Å²) in [6, 6.07) is 13.1. The molecule has 2 N–H and O–H groups in total. The molecule has 2 amide bonds. The summed E-state index contributed by atoms with van der Waals surface area (Å²) in [4.78, 5) is 30.5. The van der Waals surface area contributed by atoms with E-state index in [0.29, 0.717) is 31.4 Å². The first kappa shape index (κ1) is 22.7. The molecule has 0 radical (unpaired) electrons. The number of hydrogen-bond donors (Lipinski definition) is 2. The zero-order valence-corrected chi connectivity index (χ0v) is 18.4. The van der Waals surface area contributed by atoms with Gasteiger partial charge >= 0.3 is 0 Å². The highest BCUT2D eigenvalue weighted by Gasteiger charge is 2.40. The number of benzene rings is 1. The predicted molar refractivity (Wildman–Crippen MR) is 118 cm³/mol. The Morgan fingerprint density at radius 2 is 1.90 bits per heavy atom. The first-order chi connectivity index (χ1) is 14.9. The molecule has 0 saturated heterocycles. The molecular weight excluding hydrogens is 394 g/mol. The number of carbonyl (C=O) groups is 2. The van der Waals surface area contributed by atoms with E-state index in [1.807, 2.05) is 18.2 Å². The van der Waals surface area contributed by atoms with Gasteiger partial charge in [0.2, 0.25) is 11.8 Å². The summed E-state index contributed by atoms with van der Waals surface area (Å²) < 4.78 is 5.24. The first-order valence-corrected chi connectivity index (χ1v) is 10.6. The number of pyridine rings is 1. The lowest BCUT2D eigenvalue weighted by molar-refractivity contribution is -0.119. The molecule has 31 heavy (non-hydrogen) atoms. The molecule has 1 fully saturated rings. The zero-order chi connectivity index (χ0) is 22.4. The minimum atomic E-state index is -0.667. The molecule has 166 valence electrons. The Hall–Kier alpha value is -2.93. The van der Waals surface area contributed by atoms with Crippen molar-refractivity contribution in [2.75, 3.05) is 20.7 Å². The topological polar surface area (TPSA) is 91.8 Å². The van der Waals surface area contributed by atoms with Gasteiger partial charge in [0.25, 0.3) is 5.91 Å². The second kappa shape index (κ2) is 9.92. The SMILES string of the molecule is COc1ncccc1C(=O)N(C)[C@H]1CC[C@@](CNC(C)=O)(c2ccccc2)CC[C@@H]1O. The maximum Gasteiger partial charge on any atom is 0.259 e. The van der Waals surface area contributed by atoms with E-state index < -0.39 is 6.10 Å². The summed E-state index contributed by atoms with van der Waals surface area (Å²) >= 11 is 0. The monoisotopic (exact) mass is 425 g/mol. The number of nitrogens with one attached hydrogen (secondary N) is 1. The Kier molecular flexibility index (Phi) is 7.28. The van der Waals surface area contributed by atoms with Crippen LogP contribution in [0.2, 0.25) is 0 Å². The van der Waals surface area contributed by atoms with E-state index in [1.54, 1.807) is 30.3 Å². The van der Waals surface area contributed by atoms with E-state index in [-0.39, 0.29) is 29.2 Å². The van der Waals surface area contributed by atoms with Crippen LogP contribution in [0.4, 0.5) is 0 Å². The molecule has 7 nitrogen and oxygen atoms in total. The Morgan fingerprint density at radius 1 is 1.19 bits per heavy atom. The van der Waals surface area contributed by atoms with Crippen LogP contribution in [0.5, 0.6) is 5.88 Å². The number of aliphatic hydroxyl groups is 1. The van der Waals surface area contributed by atoms with Gasteiger partial charge in [-0.15, -0.1) is 0 Å². The molecule has 0 spiro atoms. The van der Waals surface area contributed by atoms with E-state index in [9.17, 15) is 14.7 Å². The molecule has 1 aliphatic carbocycles. The van der Waals surface area contributed by atoms with Crippen LogP contribution in [0.1, 0.15) is 48.5 Å². The number of amides is 2. The molecule has 3 atom stereocenters. The summed E-state index contributed by atoms with van der Waals surface area (Å²) in [5, 5.41) is 13.9. The average molecular weight is 426 g/mol. The molecule has 0 unspecified atom stereocenters. The first-order valence-electron chi connectivity index (χ1n) is 10.6. The molecule has 0 bridgehead atoms. The van der Waals surface area contributed by atoms with E-state index in [0.717, 1.165) is 12.0 Å². The lowest BCUT2D eigenvalue weighted by atomic mass is 9.74. The van der Waals surface area contributed by atoms with Gasteiger partial charge in [-0.3, -0.25) is 9.59 Å². The van der Waals surface area contributed by atoms with Crippen molar-refractivity contribution < 1.29 is 19.4 Å². The van der Waals surface area contributed by atoms with Crippen LogP contribution in [0.15, 0.2) is 48.7 Å². The van der Waals surface area contributed by atoms with Crippen molar-refractivity contribution in [1.29, 1.82) is 0 Å². The summed E-state index contributed by atoms with van der Waals surface area (Å²) in [7, 11) is 3.20. The minimum absolute atomic E-state index is 0.0763. The van der Waals surface area contributed by atoms with Gasteiger partial charge in [-0.05, 0) is 43.4 Å². The molecule has 7 heteroatoms. The third-order valence-corrected chi connectivity index (χ3v) is 6.36. The van der Waals surface area contributed by atoms with Crippen LogP contribution in [0.3, 0.4) is 0 Å². The fraction of sp³-hybridized carbons (Fsp3) is 0.458. The smallest absolute Gasteiger partial charge is 0.259 e. The Morgan fingerprint density at radius 3 is 2.58 bits per heavy atom. The van der Waals surface area contributed by atoms with Crippen LogP contribution in [0, 0.1) is 0 Å². The fourth-order valence-corrected chi connectivity index (χ4v) is 4.52. The Balaban J connectivity index is 1.85. The number of nitrogens with zero attached hydrogens (tertiary/aromatic N) is 2. The van der Waals surface area contributed by atoms with E-state index in [2.05, 4.69) is 22.4 Å². The van der Waals surface area contributed by atoms with Crippen molar-refractivity contribution in [2.45, 2.75) is 50.2 Å². The molecule has 1 saturated carbocycles. The largest absolute Gasteiger partial charge is 0.480 e. The standard InChI is InChI=1S/C24H31N3O4/c1-17(28)26-16-24(18-8-5-4-6-9-18)13-11-20(21(29)12-14-24)27(2)23(30)19-10-7-15-25-22(19)31-3/h4-10,15,20-21,29H,11-14,16H2,1-3H3,(H,26,28)/t20-,21-,24+/m0/s1. The molecule has 1 aromatic heterocycles. The van der Waals surface area contributed by atoms with Crippen molar-refractivity contribution in [1.82, 2.24) is 15.2 Å². The molecule has 3 rings (SSSR count). The summed E-state index contributed by atoms with van der Waals surface area (Å²) in [6.45, 7) is 2.01. The summed E-state index contributed by atoms with van der Waals surface area (Å²) in [6.07, 6.45) is 3.50. The van der Waals surface area contributed by atoms with Gasteiger partial charge in [-0.1, -0.05) is 30.3 Å². The van der Waals surface area contributed by atoms with Gasteiger partial charge in [-0.2, -0.15) is 0 Å². The van der Waals surface area contributed by atoms with Gasteiger partial charge in [0.1, 0.15) is 5.56 Å². The van der Waals surface area contributed by atoms with Crippen LogP contribution < -0.4 is 10.1 Å². The number of hydrogen-bond acceptors (Lipinski definition) is 5. The van der Waals surface area contributed by atoms with Crippen molar-refractivity contribution >= 4 is 11.8 Å². The lowest BCUT2D eigenvalue weighted by Crippen LogP contribution is -2.44. The summed E-state index contributed by atoms with van der Waals surface area (Å²) in [5.41, 5.74) is 1.22. The number of likely N-dealkylation sites (N-methyl/N-ethyl adjacent to an activating group) is 1. The van der Waals surface area contributed by atoms with Crippen LogP contribution in [-0.2, 0) is 10.2 Å². The number of carbonyl (C=O) groups excluding carboxylic acids is 2. The normalized spacial score (nSPS) is 23.5. The molecule has 1 heterocycles. The van der Waals surface area contributed by atoms with E-state index >= 15 is 0 Å². The highest BCUT2D eigenvalue weighted by atomic mass is 16.5. The molecular formula is C24H31N3O4. The maximum atomic E-state index is 13.2. The van der Waals surface area contributed by atoms with Gasteiger partial charge in [0.05, 0.1) is 19.3 Å². The van der Waals surface area contributed by atoms with Gasteiger partial charge in [0, 0.05) is 32.1 Å². The quantitative estimate of drug-likeness (QED) is 0.694. The predicted octanol–water partition coefficient (Wildman–Crippen LogP) is 2.54. The third-order valence-electron chi connectivity index (χ3n) is 6.36. The second-order valence-corrected chi connectivity index (χ2v) is 8.24. The number of aromatic nitrogens is 1. The van der Waals surface area contributed by atoms with Gasteiger partial charge in [-0.25, -0.2) is 4.98 Å². The van der Waals surface area contributed by atoms with Crippen LogP contribution in [0.25, 0.3) is 0 Å². The minimum Gasteiger partial charge on any atom is -0.480 e. The molecule has 1 aliphatic rings.